The molecule has 3 aromatic rings. The van der Waals surface area contributed by atoms with E-state index in [0.717, 1.165) is 10.1 Å². The maximum atomic E-state index is 13.9. The number of furan rings is 1. The zero-order chi connectivity index (χ0) is 21.1. The van der Waals surface area contributed by atoms with E-state index in [1.165, 1.54) is 24.3 Å². The summed E-state index contributed by atoms with van der Waals surface area (Å²) in [4.78, 5) is 12.5. The number of nitrogens with one attached hydrogen (secondary N) is 1. The molecule has 0 spiro atoms. The van der Waals surface area contributed by atoms with Crippen molar-refractivity contribution in [2.75, 3.05) is 23.1 Å². The van der Waals surface area contributed by atoms with Gasteiger partial charge in [-0.1, -0.05) is 18.2 Å². The molecule has 0 saturated heterocycles. The Labute approximate surface area is 178 Å². The van der Waals surface area contributed by atoms with Gasteiger partial charge in [0.2, 0.25) is 5.91 Å². The van der Waals surface area contributed by atoms with Gasteiger partial charge in [-0.3, -0.25) is 9.10 Å². The lowest BCUT2D eigenvalue weighted by molar-refractivity contribution is -0.119. The van der Waals surface area contributed by atoms with E-state index in [4.69, 9.17) is 4.42 Å². The first-order valence-corrected chi connectivity index (χ1v) is 11.8. The molecule has 9 heteroatoms. The van der Waals surface area contributed by atoms with Gasteiger partial charge in [0.05, 0.1) is 22.6 Å². The number of fused-ring (bicyclic) bond motifs is 3. The average molecular weight is 447 g/mol. The van der Waals surface area contributed by atoms with Crippen LogP contribution >= 0.6 is 11.8 Å². The number of hydrogen-bond acceptors (Lipinski definition) is 5. The highest BCUT2D eigenvalue weighted by atomic mass is 32.2. The number of thioether (sulfide) groups is 1. The molecular formula is C21H19FN2O4S2. The number of carbonyl (C=O) groups is 1. The summed E-state index contributed by atoms with van der Waals surface area (Å²) in [5.74, 6) is 1.31. The second kappa shape index (κ2) is 8.53. The minimum absolute atomic E-state index is 0.0601. The third-order valence-electron chi connectivity index (χ3n) is 4.65. The Morgan fingerprint density at radius 2 is 1.93 bits per heavy atom. The molecule has 1 aliphatic rings. The van der Waals surface area contributed by atoms with Gasteiger partial charge in [-0.05, 0) is 36.4 Å². The predicted molar refractivity (Wildman–Crippen MR) is 114 cm³/mol. The van der Waals surface area contributed by atoms with E-state index >= 15 is 0 Å². The van der Waals surface area contributed by atoms with Gasteiger partial charge >= 0.3 is 0 Å². The Morgan fingerprint density at radius 3 is 2.73 bits per heavy atom. The molecule has 6 nitrogen and oxygen atoms in total. The maximum absolute atomic E-state index is 13.9. The number of hydrogen-bond donors (Lipinski definition) is 1. The van der Waals surface area contributed by atoms with Gasteiger partial charge in [-0.25, -0.2) is 12.8 Å². The normalized spacial score (nSPS) is 14.1. The van der Waals surface area contributed by atoms with Gasteiger partial charge in [-0.15, -0.1) is 0 Å². The van der Waals surface area contributed by atoms with Crippen molar-refractivity contribution < 1.29 is 22.0 Å². The number of carbonyl (C=O) groups excluding carboxylic acids is 1. The number of sulfonamides is 1. The Morgan fingerprint density at radius 1 is 1.10 bits per heavy atom. The summed E-state index contributed by atoms with van der Waals surface area (Å²) < 4.78 is 46.4. The highest BCUT2D eigenvalue weighted by molar-refractivity contribution is 7.98. The summed E-state index contributed by atoms with van der Waals surface area (Å²) in [5.41, 5.74) is 1.16. The fourth-order valence-electron chi connectivity index (χ4n) is 3.29. The molecular weight excluding hydrogens is 427 g/mol. The van der Waals surface area contributed by atoms with Gasteiger partial charge in [-0.2, -0.15) is 11.8 Å². The van der Waals surface area contributed by atoms with Gasteiger partial charge in [0.1, 0.15) is 18.1 Å². The largest absolute Gasteiger partial charge is 0.468 e. The molecule has 2 heterocycles. The molecule has 2 aromatic carbocycles. The van der Waals surface area contributed by atoms with Gasteiger partial charge < -0.3 is 9.73 Å². The van der Waals surface area contributed by atoms with Crippen LogP contribution in [0, 0.1) is 5.82 Å². The number of amides is 1. The van der Waals surface area contributed by atoms with Gasteiger partial charge in [0.15, 0.2) is 0 Å². The van der Waals surface area contributed by atoms with E-state index in [2.05, 4.69) is 5.32 Å². The second-order valence-corrected chi connectivity index (χ2v) is 9.59. The Kier molecular flexibility index (Phi) is 5.83. The summed E-state index contributed by atoms with van der Waals surface area (Å²) in [6.45, 7) is 0.0170. The summed E-state index contributed by atoms with van der Waals surface area (Å²) in [6.07, 6.45) is 1.61. The van der Waals surface area contributed by atoms with Crippen LogP contribution in [0.15, 0.2) is 70.2 Å². The standard InChI is InChI=1S/C21H19FN2O4S2/c22-15-7-8-19-18(12-15)17-5-1-2-6-20(17)30(26,27)24(19)13-21(25)23-9-11-29-14-16-4-3-10-28-16/h1-8,10,12H,9,11,13-14H2,(H,23,25). The van der Waals surface area contributed by atoms with Crippen LogP contribution < -0.4 is 9.62 Å². The van der Waals surface area contributed by atoms with Crippen LogP contribution in [0.3, 0.4) is 0 Å². The predicted octanol–water partition coefficient (Wildman–Crippen LogP) is 3.64. The third kappa shape index (κ3) is 4.08. The van der Waals surface area contributed by atoms with E-state index in [1.807, 2.05) is 12.1 Å². The molecule has 1 aromatic heterocycles. The molecule has 0 bridgehead atoms. The van der Waals surface area contributed by atoms with Gasteiger partial charge in [0.25, 0.3) is 10.0 Å². The average Bonchev–Trinajstić information content (AvgIpc) is 3.25. The molecule has 0 atom stereocenters. The summed E-state index contributed by atoms with van der Waals surface area (Å²) in [7, 11) is -3.94. The Balaban J connectivity index is 1.46. The number of rotatable bonds is 7. The Bertz CT molecular complexity index is 1160. The number of nitrogens with zero attached hydrogens (tertiary/aromatic N) is 1. The third-order valence-corrected chi connectivity index (χ3v) is 7.45. The smallest absolute Gasteiger partial charge is 0.265 e. The van der Waals surface area contributed by atoms with Crippen LogP contribution in [-0.2, 0) is 20.6 Å². The van der Waals surface area contributed by atoms with Crippen molar-refractivity contribution in [2.45, 2.75) is 10.6 Å². The molecule has 0 unspecified atom stereocenters. The van der Waals surface area contributed by atoms with Crippen molar-refractivity contribution in [1.29, 1.82) is 0 Å². The molecule has 0 fully saturated rings. The molecule has 0 saturated carbocycles. The van der Waals surface area contributed by atoms with Crippen LogP contribution in [0.4, 0.5) is 10.1 Å². The fraction of sp³-hybridized carbons (Fsp3) is 0.190. The van der Waals surface area contributed by atoms with Crippen LogP contribution in [-0.4, -0.2) is 33.2 Å². The van der Waals surface area contributed by atoms with E-state index < -0.39 is 21.7 Å². The molecule has 1 amide bonds. The maximum Gasteiger partial charge on any atom is 0.265 e. The lowest BCUT2D eigenvalue weighted by atomic mass is 10.0. The molecule has 4 rings (SSSR count). The molecule has 1 aliphatic heterocycles. The van der Waals surface area contributed by atoms with Crippen molar-refractivity contribution in [2.24, 2.45) is 0 Å². The first-order chi connectivity index (χ1) is 14.5. The second-order valence-electron chi connectivity index (χ2n) is 6.65. The van der Waals surface area contributed by atoms with E-state index in [1.54, 1.807) is 36.2 Å². The zero-order valence-corrected chi connectivity index (χ0v) is 17.5. The first kappa shape index (κ1) is 20.5. The highest BCUT2D eigenvalue weighted by Crippen LogP contribution is 2.42. The lowest BCUT2D eigenvalue weighted by Gasteiger charge is -2.31. The summed E-state index contributed by atoms with van der Waals surface area (Å²) in [6, 6.07) is 14.0. The lowest BCUT2D eigenvalue weighted by Crippen LogP contribution is -2.43. The van der Waals surface area contributed by atoms with Crippen LogP contribution in [0.5, 0.6) is 0 Å². The topological polar surface area (TPSA) is 79.6 Å². The Hall–Kier alpha value is -2.78. The van der Waals surface area contributed by atoms with Crippen LogP contribution in [0.2, 0.25) is 0 Å². The number of benzene rings is 2. The van der Waals surface area contributed by atoms with E-state index in [9.17, 15) is 17.6 Å². The SMILES string of the molecule is O=C(CN1c2ccc(F)cc2-c2ccccc2S1(=O)=O)NCCSCc1ccco1. The molecule has 1 N–H and O–H groups in total. The van der Waals surface area contributed by atoms with E-state index in [-0.39, 0.29) is 17.1 Å². The van der Waals surface area contributed by atoms with E-state index in [0.29, 0.717) is 29.2 Å². The quantitative estimate of drug-likeness (QED) is 0.561. The summed E-state index contributed by atoms with van der Waals surface area (Å²) >= 11 is 1.60. The van der Waals surface area contributed by atoms with Crippen molar-refractivity contribution in [3.8, 4) is 11.1 Å². The van der Waals surface area contributed by atoms with Crippen LogP contribution in [0.25, 0.3) is 11.1 Å². The highest BCUT2D eigenvalue weighted by Gasteiger charge is 2.35. The fourth-order valence-corrected chi connectivity index (χ4v) is 5.70. The van der Waals surface area contributed by atoms with Gasteiger partial charge in [0, 0.05) is 23.4 Å². The van der Waals surface area contributed by atoms with Crippen LogP contribution in [0.1, 0.15) is 5.76 Å². The molecule has 30 heavy (non-hydrogen) atoms. The van der Waals surface area contributed by atoms with Crippen molar-refractivity contribution >= 4 is 33.4 Å². The van der Waals surface area contributed by atoms with Crippen molar-refractivity contribution in [1.82, 2.24) is 5.32 Å². The molecule has 156 valence electrons. The number of halogens is 1. The molecule has 0 aliphatic carbocycles. The minimum Gasteiger partial charge on any atom is -0.468 e. The minimum atomic E-state index is -3.94. The first-order valence-electron chi connectivity index (χ1n) is 9.25. The zero-order valence-electron chi connectivity index (χ0n) is 15.9. The summed E-state index contributed by atoms with van der Waals surface area (Å²) in [5, 5.41) is 2.74. The number of anilines is 1. The van der Waals surface area contributed by atoms with Crippen molar-refractivity contribution in [3.05, 3.63) is 72.4 Å². The van der Waals surface area contributed by atoms with Crippen molar-refractivity contribution in [3.63, 3.8) is 0 Å². The monoisotopic (exact) mass is 446 g/mol. The molecule has 0 radical (unpaired) electrons.